The van der Waals surface area contributed by atoms with Gasteiger partial charge in [-0.1, -0.05) is 28.0 Å². The van der Waals surface area contributed by atoms with E-state index in [2.05, 4.69) is 26.4 Å². The van der Waals surface area contributed by atoms with Gasteiger partial charge in [0, 0.05) is 15.4 Å². The number of hydrogen-bond acceptors (Lipinski definition) is 6. The number of anilines is 1. The van der Waals surface area contributed by atoms with Crippen LogP contribution in [-0.4, -0.2) is 28.9 Å². The van der Waals surface area contributed by atoms with Crippen molar-refractivity contribution >= 4 is 45.4 Å². The molecule has 0 saturated carbocycles. The summed E-state index contributed by atoms with van der Waals surface area (Å²) in [5, 5.41) is 6.25. The van der Waals surface area contributed by atoms with Crippen LogP contribution in [-0.2, 0) is 14.3 Å². The van der Waals surface area contributed by atoms with Crippen molar-refractivity contribution in [2.45, 2.75) is 31.3 Å². The third kappa shape index (κ3) is 5.68. The third-order valence-electron chi connectivity index (χ3n) is 2.99. The molecule has 0 saturated heterocycles. The van der Waals surface area contributed by atoms with Crippen molar-refractivity contribution in [3.63, 3.8) is 0 Å². The lowest BCUT2D eigenvalue weighted by atomic mass is 10.2. The maximum atomic E-state index is 12.1. The lowest BCUT2D eigenvalue weighted by molar-refractivity contribution is -0.151. The molecular formula is C16H17BrN2O4S. The molecule has 1 atom stereocenters. The number of aryl methyl sites for hydroxylation is 1. The van der Waals surface area contributed by atoms with E-state index in [1.54, 1.807) is 19.9 Å². The number of halogens is 1. The third-order valence-corrected chi connectivity index (χ3v) is 4.50. The molecule has 0 bridgehead atoms. The van der Waals surface area contributed by atoms with E-state index < -0.39 is 18.0 Å². The van der Waals surface area contributed by atoms with Crippen molar-refractivity contribution in [2.24, 2.45) is 0 Å². The second-order valence-electron chi connectivity index (χ2n) is 4.94. The smallest absolute Gasteiger partial charge is 0.317 e. The van der Waals surface area contributed by atoms with Crippen molar-refractivity contribution in [3.8, 4) is 0 Å². The Kier molecular flexibility index (Phi) is 6.86. The topological polar surface area (TPSA) is 81.4 Å². The first-order valence-electron chi connectivity index (χ1n) is 7.30. The van der Waals surface area contributed by atoms with Crippen LogP contribution >= 0.6 is 27.7 Å². The molecule has 1 amide bonds. The van der Waals surface area contributed by atoms with Crippen LogP contribution in [0.25, 0.3) is 0 Å². The molecule has 2 aromatic rings. The highest BCUT2D eigenvalue weighted by molar-refractivity contribution is 9.10. The Balaban J connectivity index is 1.83. The normalized spacial score (nSPS) is 11.8. The van der Waals surface area contributed by atoms with Gasteiger partial charge in [0.2, 0.25) is 0 Å². The van der Waals surface area contributed by atoms with Crippen LogP contribution in [0.2, 0.25) is 0 Å². The monoisotopic (exact) mass is 412 g/mol. The zero-order valence-corrected chi connectivity index (χ0v) is 15.6. The van der Waals surface area contributed by atoms with Gasteiger partial charge < -0.3 is 14.6 Å². The Labute approximate surface area is 152 Å². The van der Waals surface area contributed by atoms with Crippen molar-refractivity contribution in [1.82, 2.24) is 5.16 Å². The average Bonchev–Trinajstić information content (AvgIpc) is 2.96. The summed E-state index contributed by atoms with van der Waals surface area (Å²) in [5.74, 6) is 0.153. The molecule has 0 spiro atoms. The first-order valence-corrected chi connectivity index (χ1v) is 9.08. The Hall–Kier alpha value is -1.80. The number of nitrogens with zero attached hydrogens (tertiary/aromatic N) is 1. The van der Waals surface area contributed by atoms with E-state index in [1.165, 1.54) is 11.8 Å². The first kappa shape index (κ1) is 18.5. The Morgan fingerprint density at radius 2 is 2.08 bits per heavy atom. The summed E-state index contributed by atoms with van der Waals surface area (Å²) in [5.41, 5.74) is 0. The largest absolute Gasteiger partial charge is 0.452 e. The molecule has 2 rings (SSSR count). The molecule has 0 aliphatic rings. The summed E-state index contributed by atoms with van der Waals surface area (Å²) in [4.78, 5) is 25.0. The number of rotatable bonds is 7. The van der Waals surface area contributed by atoms with Gasteiger partial charge >= 0.3 is 5.97 Å². The van der Waals surface area contributed by atoms with Gasteiger partial charge in [0.15, 0.2) is 11.9 Å². The Morgan fingerprint density at radius 3 is 2.67 bits per heavy atom. The van der Waals surface area contributed by atoms with Crippen molar-refractivity contribution in [2.75, 3.05) is 11.1 Å². The zero-order valence-electron chi connectivity index (χ0n) is 13.2. The number of thioether (sulfide) groups is 1. The first-order chi connectivity index (χ1) is 11.5. The van der Waals surface area contributed by atoms with Crippen LogP contribution in [0.15, 0.2) is 44.2 Å². The molecule has 128 valence electrons. The molecule has 1 unspecified atom stereocenters. The molecule has 1 aromatic carbocycles. The molecule has 0 aliphatic carbocycles. The molecule has 1 heterocycles. The standard InChI is InChI=1S/C16H17BrN2O4S/c1-3-13(16(21)18-14-8-10(2)23-19-14)22-15(20)9-24-12-6-4-11(17)5-7-12/h4-8,13H,3,9H2,1-2H3,(H,18,19,21). The van der Waals surface area contributed by atoms with Crippen LogP contribution in [0, 0.1) is 6.92 Å². The summed E-state index contributed by atoms with van der Waals surface area (Å²) < 4.78 is 11.1. The van der Waals surface area contributed by atoms with E-state index in [4.69, 9.17) is 9.26 Å². The van der Waals surface area contributed by atoms with Crippen LogP contribution in [0.5, 0.6) is 0 Å². The minimum absolute atomic E-state index is 0.133. The van der Waals surface area contributed by atoms with E-state index in [1.807, 2.05) is 24.3 Å². The number of benzene rings is 1. The number of aromatic nitrogens is 1. The number of ether oxygens (including phenoxy) is 1. The lowest BCUT2D eigenvalue weighted by Crippen LogP contribution is -2.32. The molecule has 24 heavy (non-hydrogen) atoms. The number of esters is 1. The maximum Gasteiger partial charge on any atom is 0.317 e. The van der Waals surface area contributed by atoms with Gasteiger partial charge in [-0.25, -0.2) is 0 Å². The molecule has 1 aromatic heterocycles. The van der Waals surface area contributed by atoms with Gasteiger partial charge in [-0.15, -0.1) is 11.8 Å². The van der Waals surface area contributed by atoms with E-state index in [0.29, 0.717) is 18.0 Å². The summed E-state index contributed by atoms with van der Waals surface area (Å²) in [6.45, 7) is 3.49. The van der Waals surface area contributed by atoms with Crippen molar-refractivity contribution in [1.29, 1.82) is 0 Å². The molecular weight excluding hydrogens is 396 g/mol. The summed E-state index contributed by atoms with van der Waals surface area (Å²) in [6.07, 6.45) is -0.489. The molecule has 6 nitrogen and oxygen atoms in total. The van der Waals surface area contributed by atoms with Gasteiger partial charge in [-0.3, -0.25) is 9.59 Å². The minimum atomic E-state index is -0.861. The summed E-state index contributed by atoms with van der Waals surface area (Å²) >= 11 is 4.71. The fourth-order valence-electron chi connectivity index (χ4n) is 1.82. The highest BCUT2D eigenvalue weighted by atomic mass is 79.9. The SMILES string of the molecule is CCC(OC(=O)CSc1ccc(Br)cc1)C(=O)Nc1cc(C)on1. The quantitative estimate of drug-likeness (QED) is 0.550. The second-order valence-corrected chi connectivity index (χ2v) is 6.91. The van der Waals surface area contributed by atoms with Crippen LogP contribution < -0.4 is 5.32 Å². The predicted octanol–water partition coefficient (Wildman–Crippen LogP) is 3.80. The number of hydrogen-bond donors (Lipinski definition) is 1. The average molecular weight is 413 g/mol. The summed E-state index contributed by atoms with van der Waals surface area (Å²) in [6, 6.07) is 9.19. The van der Waals surface area contributed by atoms with Gasteiger partial charge in [-0.05, 0) is 37.6 Å². The highest BCUT2D eigenvalue weighted by Crippen LogP contribution is 2.21. The van der Waals surface area contributed by atoms with Crippen LogP contribution in [0.1, 0.15) is 19.1 Å². The van der Waals surface area contributed by atoms with E-state index >= 15 is 0 Å². The maximum absolute atomic E-state index is 12.1. The Bertz CT molecular complexity index is 702. The lowest BCUT2D eigenvalue weighted by Gasteiger charge is -2.14. The fraction of sp³-hybridized carbons (Fsp3) is 0.312. The minimum Gasteiger partial charge on any atom is -0.452 e. The van der Waals surface area contributed by atoms with Gasteiger partial charge in [0.1, 0.15) is 5.76 Å². The molecule has 1 N–H and O–H groups in total. The highest BCUT2D eigenvalue weighted by Gasteiger charge is 2.22. The molecule has 0 radical (unpaired) electrons. The molecule has 8 heteroatoms. The van der Waals surface area contributed by atoms with E-state index in [-0.39, 0.29) is 5.75 Å². The Morgan fingerprint density at radius 1 is 1.38 bits per heavy atom. The van der Waals surface area contributed by atoms with Crippen molar-refractivity contribution in [3.05, 3.63) is 40.6 Å². The van der Waals surface area contributed by atoms with Crippen LogP contribution in [0.3, 0.4) is 0 Å². The molecule has 0 fully saturated rings. The van der Waals surface area contributed by atoms with Gasteiger partial charge in [0.25, 0.3) is 5.91 Å². The molecule has 0 aliphatic heterocycles. The van der Waals surface area contributed by atoms with E-state index in [9.17, 15) is 9.59 Å². The fourth-order valence-corrected chi connectivity index (χ4v) is 2.77. The van der Waals surface area contributed by atoms with Crippen molar-refractivity contribution < 1.29 is 18.8 Å². The van der Waals surface area contributed by atoms with Gasteiger partial charge in [0.05, 0.1) is 5.75 Å². The second kappa shape index (κ2) is 8.89. The van der Waals surface area contributed by atoms with Gasteiger partial charge in [-0.2, -0.15) is 0 Å². The number of nitrogens with one attached hydrogen (secondary N) is 1. The predicted molar refractivity (Wildman–Crippen MR) is 94.9 cm³/mol. The number of carbonyl (C=O) groups excluding carboxylic acids is 2. The van der Waals surface area contributed by atoms with Crippen LogP contribution in [0.4, 0.5) is 5.82 Å². The summed E-state index contributed by atoms with van der Waals surface area (Å²) in [7, 11) is 0. The number of amides is 1. The number of carbonyl (C=O) groups is 2. The van der Waals surface area contributed by atoms with E-state index in [0.717, 1.165) is 9.37 Å². The zero-order chi connectivity index (χ0) is 17.5.